The van der Waals surface area contributed by atoms with Crippen molar-refractivity contribution in [1.29, 1.82) is 0 Å². The normalized spacial score (nSPS) is 12.0. The van der Waals surface area contributed by atoms with Crippen molar-refractivity contribution in [3.63, 3.8) is 0 Å². The van der Waals surface area contributed by atoms with E-state index in [0.717, 1.165) is 0 Å². The summed E-state index contributed by atoms with van der Waals surface area (Å²) in [5, 5.41) is 0. The highest BCUT2D eigenvalue weighted by molar-refractivity contribution is 4.79. The maximum atomic E-state index is 5.89. The highest BCUT2D eigenvalue weighted by atomic mass is 16.7. The molecule has 13 heteroatoms. The molecule has 0 aromatic rings. The maximum Gasteiger partial charge on any atom is 0.146 e. The largest absolute Gasteiger partial charge is 0.378 e. The third-order valence-electron chi connectivity index (χ3n) is 4.34. The molecule has 0 aliphatic rings. The van der Waals surface area contributed by atoms with E-state index in [2.05, 4.69) is 0 Å². The summed E-state index contributed by atoms with van der Waals surface area (Å²) in [4.78, 5) is 0. The quantitative estimate of drug-likeness (QED) is 0.0604. The van der Waals surface area contributed by atoms with Crippen LogP contribution in [0.2, 0.25) is 0 Å². The van der Waals surface area contributed by atoms with Gasteiger partial charge in [-0.1, -0.05) is 0 Å². The minimum atomic E-state index is -0.574. The van der Waals surface area contributed by atoms with E-state index in [-0.39, 0.29) is 6.79 Å². The smallest absolute Gasteiger partial charge is 0.146 e. The molecule has 0 aromatic carbocycles. The summed E-state index contributed by atoms with van der Waals surface area (Å²) in [5.41, 5.74) is 21.2. The molecule has 0 aliphatic heterocycles. The van der Waals surface area contributed by atoms with Gasteiger partial charge in [0.05, 0.1) is 111 Å². The average molecular weight is 515 g/mol. The van der Waals surface area contributed by atoms with Gasteiger partial charge in [-0.25, -0.2) is 0 Å². The van der Waals surface area contributed by atoms with Crippen molar-refractivity contribution in [3.8, 4) is 0 Å². The maximum absolute atomic E-state index is 5.89. The van der Waals surface area contributed by atoms with Gasteiger partial charge in [0.1, 0.15) is 6.79 Å². The van der Waals surface area contributed by atoms with Gasteiger partial charge in [-0.2, -0.15) is 0 Å². The first-order valence-electron chi connectivity index (χ1n) is 12.2. The fourth-order valence-corrected chi connectivity index (χ4v) is 2.71. The molecule has 0 aromatic heterocycles. The zero-order chi connectivity index (χ0) is 25.7. The van der Waals surface area contributed by atoms with Crippen LogP contribution < -0.4 is 22.9 Å². The van der Waals surface area contributed by atoms with E-state index < -0.39 is 5.41 Å². The lowest BCUT2D eigenvalue weighted by Gasteiger charge is -2.33. The van der Waals surface area contributed by atoms with Crippen molar-refractivity contribution in [3.05, 3.63) is 0 Å². The first kappa shape index (κ1) is 34.5. The molecule has 0 bridgehead atoms. The fourth-order valence-electron chi connectivity index (χ4n) is 2.71. The first-order valence-corrected chi connectivity index (χ1v) is 12.2. The molecule has 0 unspecified atom stereocenters. The Morgan fingerprint density at radius 3 is 0.943 bits per heavy atom. The van der Waals surface area contributed by atoms with Gasteiger partial charge >= 0.3 is 0 Å². The molecule has 0 fully saturated rings. The molecule has 13 nitrogen and oxygen atoms in total. The van der Waals surface area contributed by atoms with E-state index >= 15 is 0 Å². The predicted octanol–water partition coefficient (Wildman–Crippen LogP) is -2.09. The Labute approximate surface area is 210 Å². The third kappa shape index (κ3) is 23.6. The minimum absolute atomic E-state index is 0.104. The summed E-state index contributed by atoms with van der Waals surface area (Å²) in [7, 11) is 0. The molecule has 0 saturated heterocycles. The lowest BCUT2D eigenvalue weighted by Crippen LogP contribution is -2.42. The Hall–Kier alpha value is -0.520. The molecular formula is C22H50N4O9. The minimum Gasteiger partial charge on any atom is -0.378 e. The molecule has 0 radical (unpaired) electrons. The Balaban J connectivity index is 4.74. The lowest BCUT2D eigenvalue weighted by atomic mass is 9.92. The average Bonchev–Trinajstić information content (AvgIpc) is 2.87. The lowest BCUT2D eigenvalue weighted by molar-refractivity contribution is -0.147. The monoisotopic (exact) mass is 514 g/mol. The molecule has 0 amide bonds. The molecule has 0 heterocycles. The van der Waals surface area contributed by atoms with E-state index in [9.17, 15) is 0 Å². The number of hydrogen-bond acceptors (Lipinski definition) is 13. The van der Waals surface area contributed by atoms with Gasteiger partial charge in [0.15, 0.2) is 0 Å². The van der Waals surface area contributed by atoms with Crippen LogP contribution in [0.25, 0.3) is 0 Å². The Kier molecular flexibility index (Phi) is 27.6. The number of ether oxygens (including phenoxy) is 9. The Morgan fingerprint density at radius 1 is 0.314 bits per heavy atom. The number of nitrogens with two attached hydrogens (primary N) is 4. The second kappa shape index (κ2) is 28.1. The summed E-state index contributed by atoms with van der Waals surface area (Å²) >= 11 is 0. The first-order chi connectivity index (χ1) is 17.2. The van der Waals surface area contributed by atoms with E-state index in [1.807, 2.05) is 0 Å². The van der Waals surface area contributed by atoms with Crippen molar-refractivity contribution in [1.82, 2.24) is 0 Å². The molecule has 35 heavy (non-hydrogen) atoms. The summed E-state index contributed by atoms with van der Waals surface area (Å²) < 4.78 is 50.4. The molecule has 0 atom stereocenters. The number of hydrogen-bond donors (Lipinski definition) is 4. The van der Waals surface area contributed by atoms with Gasteiger partial charge in [0.25, 0.3) is 0 Å². The van der Waals surface area contributed by atoms with Crippen LogP contribution in [0, 0.1) is 5.41 Å². The van der Waals surface area contributed by atoms with Crippen LogP contribution in [0.15, 0.2) is 0 Å². The van der Waals surface area contributed by atoms with Crippen LogP contribution in [0.3, 0.4) is 0 Å². The topological polar surface area (TPSA) is 187 Å². The van der Waals surface area contributed by atoms with E-state index in [1.165, 1.54) is 0 Å². The highest BCUT2D eigenvalue weighted by Crippen LogP contribution is 2.21. The van der Waals surface area contributed by atoms with Crippen LogP contribution in [-0.2, 0) is 42.6 Å². The standard InChI is InChI=1S/C22H50N4O9/c23-1-5-27-9-13-31-17-22(18-32-14-10-28-6-2-24,19-33-15-11-29-7-3-25)20-35-21-34-16-12-30-8-4-26/h1-21,23-26H2. The van der Waals surface area contributed by atoms with Crippen LogP contribution in [-0.4, -0.2) is 139 Å². The Morgan fingerprint density at radius 2 is 0.600 bits per heavy atom. The van der Waals surface area contributed by atoms with E-state index in [0.29, 0.717) is 132 Å². The summed E-state index contributed by atoms with van der Waals surface area (Å²) in [6, 6.07) is 0. The highest BCUT2D eigenvalue weighted by Gasteiger charge is 2.32. The van der Waals surface area contributed by atoms with Gasteiger partial charge in [-0.3, -0.25) is 0 Å². The Bertz CT molecular complexity index is 374. The van der Waals surface area contributed by atoms with Crippen LogP contribution in [0.5, 0.6) is 0 Å². The van der Waals surface area contributed by atoms with Crippen LogP contribution in [0.4, 0.5) is 0 Å². The van der Waals surface area contributed by atoms with Gasteiger partial charge in [-0.05, 0) is 0 Å². The molecule has 8 N–H and O–H groups in total. The zero-order valence-electron chi connectivity index (χ0n) is 21.3. The van der Waals surface area contributed by atoms with Gasteiger partial charge in [0, 0.05) is 26.2 Å². The van der Waals surface area contributed by atoms with Crippen molar-refractivity contribution in [2.24, 2.45) is 28.3 Å². The van der Waals surface area contributed by atoms with Crippen LogP contribution >= 0.6 is 0 Å². The van der Waals surface area contributed by atoms with Crippen molar-refractivity contribution in [2.75, 3.05) is 139 Å². The number of rotatable bonds is 30. The molecule has 0 aliphatic carbocycles. The van der Waals surface area contributed by atoms with Crippen molar-refractivity contribution in [2.45, 2.75) is 0 Å². The molecule has 212 valence electrons. The second-order valence-electron chi connectivity index (χ2n) is 7.64. The van der Waals surface area contributed by atoms with E-state index in [4.69, 9.17) is 65.6 Å². The summed E-state index contributed by atoms with van der Waals surface area (Å²) in [6.45, 7) is 8.70. The second-order valence-corrected chi connectivity index (χ2v) is 7.64. The van der Waals surface area contributed by atoms with Crippen molar-refractivity contribution >= 4 is 0 Å². The zero-order valence-corrected chi connectivity index (χ0v) is 21.3. The molecular weight excluding hydrogens is 464 g/mol. The molecule has 0 rings (SSSR count). The molecule has 0 saturated carbocycles. The summed E-state index contributed by atoms with van der Waals surface area (Å²) in [5.74, 6) is 0. The van der Waals surface area contributed by atoms with Crippen molar-refractivity contribution < 1.29 is 42.6 Å². The fraction of sp³-hybridized carbons (Fsp3) is 1.00. The third-order valence-corrected chi connectivity index (χ3v) is 4.34. The van der Waals surface area contributed by atoms with Gasteiger partial charge < -0.3 is 65.6 Å². The summed E-state index contributed by atoms with van der Waals surface area (Å²) in [6.07, 6.45) is 0. The molecule has 0 spiro atoms. The van der Waals surface area contributed by atoms with Crippen LogP contribution in [0.1, 0.15) is 0 Å². The van der Waals surface area contributed by atoms with E-state index in [1.54, 1.807) is 0 Å². The predicted molar refractivity (Wildman–Crippen MR) is 131 cm³/mol. The van der Waals surface area contributed by atoms with Gasteiger partial charge in [0.2, 0.25) is 0 Å². The SMILES string of the molecule is NCCOCCOCOCC(COCCOCCN)(COCCOCCN)COCCOCCN. The van der Waals surface area contributed by atoms with Gasteiger partial charge in [-0.15, -0.1) is 0 Å².